The molecule has 0 saturated carbocycles. The second kappa shape index (κ2) is 25.2. The van der Waals surface area contributed by atoms with Crippen molar-refractivity contribution in [3.8, 4) is 0 Å². The lowest BCUT2D eigenvalue weighted by atomic mass is 9.96. The van der Waals surface area contributed by atoms with Crippen LogP contribution in [0, 0.1) is 0 Å². The van der Waals surface area contributed by atoms with Crippen molar-refractivity contribution in [3.63, 3.8) is 0 Å². The lowest BCUT2D eigenvalue weighted by Crippen LogP contribution is -2.53. The number of hydrogen-bond acceptors (Lipinski definition) is 2. The summed E-state index contributed by atoms with van der Waals surface area (Å²) in [6, 6.07) is 1.72. The van der Waals surface area contributed by atoms with E-state index in [2.05, 4.69) is 37.5 Å². The second-order valence-corrected chi connectivity index (χ2v) is 12.2. The predicted molar refractivity (Wildman–Crippen MR) is 164 cm³/mol. The van der Waals surface area contributed by atoms with E-state index >= 15 is 0 Å². The van der Waals surface area contributed by atoms with Gasteiger partial charge in [0, 0.05) is 38.3 Å². The van der Waals surface area contributed by atoms with Gasteiger partial charge in [0.25, 0.3) is 0 Å². The topological polar surface area (TPSA) is 6.48 Å². The van der Waals surface area contributed by atoms with E-state index in [1.165, 1.54) is 180 Å². The van der Waals surface area contributed by atoms with Crippen molar-refractivity contribution in [2.45, 2.75) is 194 Å². The maximum absolute atomic E-state index is 2.93. The molecule has 36 heavy (non-hydrogen) atoms. The maximum atomic E-state index is 2.93. The molecule has 0 spiro atoms. The zero-order valence-corrected chi connectivity index (χ0v) is 25.8. The lowest BCUT2D eigenvalue weighted by molar-refractivity contribution is 0.0547. The zero-order valence-electron chi connectivity index (χ0n) is 25.8. The molecule has 2 nitrogen and oxygen atoms in total. The van der Waals surface area contributed by atoms with Crippen LogP contribution >= 0.6 is 0 Å². The van der Waals surface area contributed by atoms with Gasteiger partial charge in [0.15, 0.2) is 0 Å². The molecule has 1 rings (SSSR count). The van der Waals surface area contributed by atoms with Crippen LogP contribution in [-0.4, -0.2) is 48.1 Å². The van der Waals surface area contributed by atoms with Gasteiger partial charge in [0.05, 0.1) is 0 Å². The Morgan fingerprint density at radius 1 is 0.333 bits per heavy atom. The Morgan fingerprint density at radius 3 is 0.778 bits per heavy atom. The smallest absolute Gasteiger partial charge is 0.0113 e. The SMILES string of the molecule is CCCCCCCC(CCCCCCC)N1CCN(C(CCCCCCC)CCCCCCC)CC1. The van der Waals surface area contributed by atoms with Crippen LogP contribution in [0.2, 0.25) is 0 Å². The molecule has 0 atom stereocenters. The van der Waals surface area contributed by atoms with Gasteiger partial charge in [-0.3, -0.25) is 9.80 Å². The molecule has 0 aliphatic carbocycles. The molecule has 0 aromatic heterocycles. The van der Waals surface area contributed by atoms with E-state index in [4.69, 9.17) is 0 Å². The zero-order chi connectivity index (χ0) is 26.1. The number of rotatable bonds is 26. The highest BCUT2D eigenvalue weighted by Gasteiger charge is 2.27. The Balaban J connectivity index is 2.53. The third kappa shape index (κ3) is 17.4. The summed E-state index contributed by atoms with van der Waals surface area (Å²) in [5, 5.41) is 0. The Hall–Kier alpha value is -0.0800. The molecule has 1 aliphatic rings. The van der Waals surface area contributed by atoms with Gasteiger partial charge in [-0.05, 0) is 25.7 Å². The molecule has 1 fully saturated rings. The fourth-order valence-electron chi connectivity index (χ4n) is 6.42. The summed E-state index contributed by atoms with van der Waals surface area (Å²) in [7, 11) is 0. The van der Waals surface area contributed by atoms with Crippen LogP contribution in [0.25, 0.3) is 0 Å². The fourth-order valence-corrected chi connectivity index (χ4v) is 6.42. The van der Waals surface area contributed by atoms with Gasteiger partial charge in [0.1, 0.15) is 0 Å². The highest BCUT2D eigenvalue weighted by molar-refractivity contribution is 4.83. The minimum Gasteiger partial charge on any atom is -0.298 e. The molecular weight excluding hydrogens is 436 g/mol. The molecule has 0 aromatic rings. The second-order valence-electron chi connectivity index (χ2n) is 12.2. The molecule has 0 aromatic carbocycles. The molecule has 0 bridgehead atoms. The van der Waals surface area contributed by atoms with Crippen LogP contribution in [0.15, 0.2) is 0 Å². The largest absolute Gasteiger partial charge is 0.298 e. The van der Waals surface area contributed by atoms with Gasteiger partial charge in [-0.15, -0.1) is 0 Å². The maximum Gasteiger partial charge on any atom is 0.0113 e. The van der Waals surface area contributed by atoms with Gasteiger partial charge in [-0.1, -0.05) is 156 Å². The molecule has 1 aliphatic heterocycles. The molecule has 0 amide bonds. The van der Waals surface area contributed by atoms with Crippen LogP contribution in [0.4, 0.5) is 0 Å². The summed E-state index contributed by atoms with van der Waals surface area (Å²) in [4.78, 5) is 5.85. The Kier molecular flexibility index (Phi) is 23.8. The molecule has 2 heteroatoms. The molecular formula is C34H70N2. The first-order valence-corrected chi connectivity index (χ1v) is 17.2. The number of unbranched alkanes of at least 4 members (excludes halogenated alkanes) is 16. The lowest BCUT2D eigenvalue weighted by Gasteiger charge is -2.43. The third-order valence-corrected chi connectivity index (χ3v) is 8.95. The molecule has 0 unspecified atom stereocenters. The van der Waals surface area contributed by atoms with Crippen LogP contribution in [0.1, 0.15) is 182 Å². The van der Waals surface area contributed by atoms with Crippen molar-refractivity contribution in [2.75, 3.05) is 26.2 Å². The van der Waals surface area contributed by atoms with Gasteiger partial charge in [0.2, 0.25) is 0 Å². The van der Waals surface area contributed by atoms with Gasteiger partial charge in [-0.2, -0.15) is 0 Å². The van der Waals surface area contributed by atoms with E-state index in [1.807, 2.05) is 0 Å². The summed E-state index contributed by atoms with van der Waals surface area (Å²) in [5.74, 6) is 0. The normalized spacial score (nSPS) is 15.5. The minimum absolute atomic E-state index is 0.858. The van der Waals surface area contributed by atoms with Gasteiger partial charge >= 0.3 is 0 Å². The minimum atomic E-state index is 0.858. The highest BCUT2D eigenvalue weighted by atomic mass is 15.3. The van der Waals surface area contributed by atoms with Crippen molar-refractivity contribution < 1.29 is 0 Å². The average Bonchev–Trinajstić information content (AvgIpc) is 2.90. The molecule has 0 radical (unpaired) electrons. The van der Waals surface area contributed by atoms with Crippen LogP contribution in [-0.2, 0) is 0 Å². The van der Waals surface area contributed by atoms with E-state index in [0.29, 0.717) is 0 Å². The summed E-state index contributed by atoms with van der Waals surface area (Å²) < 4.78 is 0. The van der Waals surface area contributed by atoms with E-state index in [1.54, 1.807) is 0 Å². The van der Waals surface area contributed by atoms with Crippen molar-refractivity contribution in [2.24, 2.45) is 0 Å². The van der Waals surface area contributed by atoms with Crippen LogP contribution < -0.4 is 0 Å². The summed E-state index contributed by atoms with van der Waals surface area (Å²) in [6.45, 7) is 14.7. The third-order valence-electron chi connectivity index (χ3n) is 8.95. The fraction of sp³-hybridized carbons (Fsp3) is 1.00. The molecule has 216 valence electrons. The summed E-state index contributed by atoms with van der Waals surface area (Å²) >= 11 is 0. The summed E-state index contributed by atoms with van der Waals surface area (Å²) in [6.07, 6.45) is 34.4. The van der Waals surface area contributed by atoms with Gasteiger partial charge < -0.3 is 0 Å². The van der Waals surface area contributed by atoms with Crippen LogP contribution in [0.3, 0.4) is 0 Å². The van der Waals surface area contributed by atoms with Crippen molar-refractivity contribution >= 4 is 0 Å². The van der Waals surface area contributed by atoms with Crippen LogP contribution in [0.5, 0.6) is 0 Å². The molecule has 1 heterocycles. The Morgan fingerprint density at radius 2 is 0.556 bits per heavy atom. The predicted octanol–water partition coefficient (Wildman–Crippen LogP) is 10.8. The Bertz CT molecular complexity index is 361. The van der Waals surface area contributed by atoms with Crippen molar-refractivity contribution in [3.05, 3.63) is 0 Å². The molecule has 0 N–H and O–H groups in total. The first-order valence-electron chi connectivity index (χ1n) is 17.2. The van der Waals surface area contributed by atoms with E-state index in [0.717, 1.165) is 12.1 Å². The van der Waals surface area contributed by atoms with E-state index in [9.17, 15) is 0 Å². The first-order chi connectivity index (χ1) is 17.8. The van der Waals surface area contributed by atoms with E-state index < -0.39 is 0 Å². The standard InChI is InChI=1S/C34H70N2/c1-5-9-13-17-21-25-33(26-22-18-14-10-6-2)35-29-31-36(32-30-35)34(27-23-19-15-11-7-3)28-24-20-16-12-8-4/h33-34H,5-32H2,1-4H3. The first kappa shape index (κ1) is 33.9. The average molecular weight is 507 g/mol. The quantitative estimate of drug-likeness (QED) is 0.108. The van der Waals surface area contributed by atoms with Crippen molar-refractivity contribution in [1.82, 2.24) is 9.80 Å². The number of hydrogen-bond donors (Lipinski definition) is 0. The summed E-state index contributed by atoms with van der Waals surface area (Å²) in [5.41, 5.74) is 0. The van der Waals surface area contributed by atoms with E-state index in [-0.39, 0.29) is 0 Å². The highest BCUT2D eigenvalue weighted by Crippen LogP contribution is 2.24. The van der Waals surface area contributed by atoms with Crippen molar-refractivity contribution in [1.29, 1.82) is 0 Å². The Labute approximate surface area is 229 Å². The number of piperazine rings is 1. The number of nitrogens with zero attached hydrogens (tertiary/aromatic N) is 2. The van der Waals surface area contributed by atoms with Gasteiger partial charge in [-0.25, -0.2) is 0 Å². The molecule has 1 saturated heterocycles. The monoisotopic (exact) mass is 507 g/mol.